The predicted molar refractivity (Wildman–Crippen MR) is 116 cm³/mol. The summed E-state index contributed by atoms with van der Waals surface area (Å²) >= 11 is 1.68. The molecule has 29 heavy (non-hydrogen) atoms. The Morgan fingerprint density at radius 3 is 2.62 bits per heavy atom. The van der Waals surface area contributed by atoms with Crippen molar-refractivity contribution in [2.24, 2.45) is 5.92 Å². The van der Waals surface area contributed by atoms with Gasteiger partial charge in [-0.3, -0.25) is 0 Å². The summed E-state index contributed by atoms with van der Waals surface area (Å²) in [6, 6.07) is 12.8. The van der Waals surface area contributed by atoms with Crippen LogP contribution in [-0.2, 0) is 11.2 Å². The van der Waals surface area contributed by atoms with Gasteiger partial charge in [0.05, 0.1) is 12.8 Å². The molecule has 0 bridgehead atoms. The van der Waals surface area contributed by atoms with Crippen LogP contribution in [0, 0.1) is 5.92 Å². The Bertz CT molecular complexity index is 936. The number of benzene rings is 2. The molecule has 2 fully saturated rings. The third-order valence-electron chi connectivity index (χ3n) is 6.67. The first kappa shape index (κ1) is 18.9. The third kappa shape index (κ3) is 3.61. The van der Waals surface area contributed by atoms with Crippen LogP contribution in [0.1, 0.15) is 65.9 Å². The smallest absolute Gasteiger partial charge is 0.341 e. The number of aromatic hydroxyl groups is 1. The standard InChI is InChI=1S/C24H27NO3S/c1-28-24(27)20-14-19(9-12-23(20)26)29-25-21(16-5-6-16)11-8-18-13-17(7-10-22(18)25)15-3-2-4-15/h7,9-10,12-16,21,26H,2-6,8,11H2,1H3/t21-/m0/s1. The van der Waals surface area contributed by atoms with E-state index in [0.717, 1.165) is 23.2 Å². The topological polar surface area (TPSA) is 49.8 Å². The summed E-state index contributed by atoms with van der Waals surface area (Å²) in [5.74, 6) is 0.971. The summed E-state index contributed by atoms with van der Waals surface area (Å²) in [5, 5.41) is 10.0. The van der Waals surface area contributed by atoms with E-state index in [9.17, 15) is 9.90 Å². The highest BCUT2D eigenvalue weighted by Gasteiger charge is 2.39. The summed E-state index contributed by atoms with van der Waals surface area (Å²) < 4.78 is 7.28. The molecule has 152 valence electrons. The lowest BCUT2D eigenvalue weighted by Gasteiger charge is -2.39. The third-order valence-corrected chi connectivity index (χ3v) is 7.80. The molecule has 5 rings (SSSR count). The van der Waals surface area contributed by atoms with Crippen molar-refractivity contribution in [3.8, 4) is 5.75 Å². The molecule has 1 atom stereocenters. The molecule has 1 N–H and O–H groups in total. The van der Waals surface area contributed by atoms with Crippen LogP contribution in [0.25, 0.3) is 0 Å². The normalized spacial score (nSPS) is 21.4. The van der Waals surface area contributed by atoms with E-state index in [-0.39, 0.29) is 11.3 Å². The van der Waals surface area contributed by atoms with Crippen LogP contribution in [-0.4, -0.2) is 24.2 Å². The number of carbonyl (C=O) groups is 1. The molecule has 3 aliphatic rings. The largest absolute Gasteiger partial charge is 0.507 e. The van der Waals surface area contributed by atoms with Gasteiger partial charge in [0.1, 0.15) is 11.3 Å². The number of nitrogens with zero attached hydrogens (tertiary/aromatic N) is 1. The quantitative estimate of drug-likeness (QED) is 0.508. The van der Waals surface area contributed by atoms with Gasteiger partial charge in [0, 0.05) is 10.9 Å². The molecular formula is C24H27NO3S. The number of hydrogen-bond donors (Lipinski definition) is 1. The molecule has 2 saturated carbocycles. The van der Waals surface area contributed by atoms with Gasteiger partial charge in [-0.1, -0.05) is 18.6 Å². The van der Waals surface area contributed by atoms with Gasteiger partial charge in [-0.2, -0.15) is 0 Å². The van der Waals surface area contributed by atoms with Crippen LogP contribution in [0.2, 0.25) is 0 Å². The Balaban J connectivity index is 1.46. The second-order valence-electron chi connectivity index (χ2n) is 8.55. The molecule has 4 nitrogen and oxygen atoms in total. The summed E-state index contributed by atoms with van der Waals surface area (Å²) in [6.45, 7) is 0. The molecule has 0 aromatic heterocycles. The van der Waals surface area contributed by atoms with Crippen LogP contribution < -0.4 is 4.31 Å². The van der Waals surface area contributed by atoms with E-state index in [1.54, 1.807) is 24.1 Å². The Morgan fingerprint density at radius 2 is 1.93 bits per heavy atom. The fourth-order valence-corrected chi connectivity index (χ4v) is 5.82. The minimum absolute atomic E-state index is 0.0378. The van der Waals surface area contributed by atoms with E-state index in [1.165, 1.54) is 62.4 Å². The van der Waals surface area contributed by atoms with E-state index >= 15 is 0 Å². The van der Waals surface area contributed by atoms with Crippen LogP contribution >= 0.6 is 11.9 Å². The van der Waals surface area contributed by atoms with Crippen LogP contribution in [0.4, 0.5) is 5.69 Å². The highest BCUT2D eigenvalue weighted by atomic mass is 32.2. The molecule has 0 amide bonds. The average Bonchev–Trinajstić information content (AvgIpc) is 3.52. The highest BCUT2D eigenvalue weighted by molar-refractivity contribution is 8.00. The van der Waals surface area contributed by atoms with Crippen molar-refractivity contribution < 1.29 is 14.6 Å². The van der Waals surface area contributed by atoms with Gasteiger partial charge in [0.2, 0.25) is 0 Å². The van der Waals surface area contributed by atoms with Gasteiger partial charge in [-0.05, 0) is 97.7 Å². The van der Waals surface area contributed by atoms with Crippen molar-refractivity contribution in [3.05, 3.63) is 53.1 Å². The first-order valence-corrected chi connectivity index (χ1v) is 11.4. The highest BCUT2D eigenvalue weighted by Crippen LogP contribution is 2.48. The van der Waals surface area contributed by atoms with Crippen molar-refractivity contribution >= 4 is 23.6 Å². The fraction of sp³-hybridized carbons (Fsp3) is 0.458. The number of aryl methyl sites for hydroxylation is 1. The van der Waals surface area contributed by atoms with Crippen LogP contribution in [0.3, 0.4) is 0 Å². The second-order valence-corrected chi connectivity index (χ2v) is 9.59. The number of ether oxygens (including phenoxy) is 1. The van der Waals surface area contributed by atoms with E-state index in [4.69, 9.17) is 4.74 Å². The predicted octanol–water partition coefficient (Wildman–Crippen LogP) is 5.68. The van der Waals surface area contributed by atoms with Crippen molar-refractivity contribution in [1.29, 1.82) is 0 Å². The molecule has 0 radical (unpaired) electrons. The van der Waals surface area contributed by atoms with Gasteiger partial charge < -0.3 is 14.1 Å². The number of anilines is 1. The number of hydrogen-bond acceptors (Lipinski definition) is 5. The molecule has 5 heteroatoms. The monoisotopic (exact) mass is 409 g/mol. The summed E-state index contributed by atoms with van der Waals surface area (Å²) in [5.41, 5.74) is 4.49. The van der Waals surface area contributed by atoms with Crippen molar-refractivity contribution in [1.82, 2.24) is 0 Å². The first-order valence-electron chi connectivity index (χ1n) is 10.7. The van der Waals surface area contributed by atoms with Gasteiger partial charge in [0.15, 0.2) is 0 Å². The van der Waals surface area contributed by atoms with Crippen molar-refractivity contribution in [2.75, 3.05) is 11.4 Å². The molecule has 2 aromatic rings. The van der Waals surface area contributed by atoms with E-state index in [2.05, 4.69) is 22.5 Å². The van der Waals surface area contributed by atoms with Gasteiger partial charge in [-0.15, -0.1) is 0 Å². The van der Waals surface area contributed by atoms with Gasteiger partial charge in [0.25, 0.3) is 0 Å². The van der Waals surface area contributed by atoms with E-state index < -0.39 is 5.97 Å². The van der Waals surface area contributed by atoms with E-state index in [1.807, 2.05) is 6.07 Å². The maximum Gasteiger partial charge on any atom is 0.341 e. The lowest BCUT2D eigenvalue weighted by atomic mass is 9.79. The van der Waals surface area contributed by atoms with Crippen molar-refractivity contribution in [2.45, 2.75) is 61.8 Å². The molecule has 0 unspecified atom stereocenters. The zero-order chi connectivity index (χ0) is 20.0. The number of methoxy groups -OCH3 is 1. The SMILES string of the molecule is COC(=O)c1cc(SN2c3ccc(C4CCC4)cc3CC[C@H]2C2CC2)ccc1O. The summed E-state index contributed by atoms with van der Waals surface area (Å²) in [7, 11) is 1.34. The lowest BCUT2D eigenvalue weighted by Crippen LogP contribution is -2.36. The Hall–Kier alpha value is -2.14. The number of phenolic OH excluding ortho intramolecular Hbond substituents is 1. The number of phenols is 1. The summed E-state index contributed by atoms with van der Waals surface area (Å²) in [4.78, 5) is 12.9. The molecule has 2 aliphatic carbocycles. The fourth-order valence-electron chi connectivity index (χ4n) is 4.60. The maximum absolute atomic E-state index is 12.0. The van der Waals surface area contributed by atoms with Gasteiger partial charge in [-0.25, -0.2) is 4.79 Å². The number of rotatable bonds is 5. The van der Waals surface area contributed by atoms with Crippen molar-refractivity contribution in [3.63, 3.8) is 0 Å². The number of esters is 1. The van der Waals surface area contributed by atoms with Crippen LogP contribution in [0.15, 0.2) is 41.3 Å². The molecule has 1 aliphatic heterocycles. The summed E-state index contributed by atoms with van der Waals surface area (Å²) in [6.07, 6.45) is 8.95. The van der Waals surface area contributed by atoms with Gasteiger partial charge >= 0.3 is 5.97 Å². The van der Waals surface area contributed by atoms with Crippen LogP contribution in [0.5, 0.6) is 5.75 Å². The average molecular weight is 410 g/mol. The molecule has 0 spiro atoms. The number of carbonyl (C=O) groups excluding carboxylic acids is 1. The minimum atomic E-state index is -0.507. The first-order chi connectivity index (χ1) is 14.1. The second kappa shape index (κ2) is 7.60. The molecule has 0 saturated heterocycles. The number of fused-ring (bicyclic) bond motifs is 1. The Labute approximate surface area is 176 Å². The Kier molecular flexibility index (Phi) is 4.94. The Morgan fingerprint density at radius 1 is 1.10 bits per heavy atom. The lowest BCUT2D eigenvalue weighted by molar-refractivity contribution is 0.0597. The molecule has 2 aromatic carbocycles. The zero-order valence-electron chi connectivity index (χ0n) is 16.8. The maximum atomic E-state index is 12.0. The van der Waals surface area contributed by atoms with E-state index in [0.29, 0.717) is 6.04 Å². The minimum Gasteiger partial charge on any atom is -0.507 e. The molecular weight excluding hydrogens is 382 g/mol. The molecule has 1 heterocycles. The zero-order valence-corrected chi connectivity index (χ0v) is 17.6.